The van der Waals surface area contributed by atoms with Crippen LogP contribution >= 0.6 is 0 Å². The number of ether oxygens (including phenoxy) is 1. The molecule has 1 saturated heterocycles. The Kier molecular flexibility index (Phi) is 6.13. The van der Waals surface area contributed by atoms with Crippen molar-refractivity contribution in [3.8, 4) is 11.4 Å². The summed E-state index contributed by atoms with van der Waals surface area (Å²) in [6.45, 7) is 2.50. The molecule has 6 nitrogen and oxygen atoms in total. The number of nitrogens with zero attached hydrogens (tertiary/aromatic N) is 3. The molecule has 2 aromatic carbocycles. The first-order valence-corrected chi connectivity index (χ1v) is 11.7. The van der Waals surface area contributed by atoms with Crippen LogP contribution in [-0.4, -0.2) is 47.3 Å². The lowest BCUT2D eigenvalue weighted by atomic mass is 10.0. The number of amides is 1. The Labute approximate surface area is 193 Å². The van der Waals surface area contributed by atoms with Gasteiger partial charge in [-0.25, -0.2) is 9.07 Å². The van der Waals surface area contributed by atoms with Crippen molar-refractivity contribution in [2.24, 2.45) is 0 Å². The predicted octanol–water partition coefficient (Wildman–Crippen LogP) is 4.08. The van der Waals surface area contributed by atoms with Gasteiger partial charge in [0.15, 0.2) is 5.69 Å². The summed E-state index contributed by atoms with van der Waals surface area (Å²) >= 11 is 0. The lowest BCUT2D eigenvalue weighted by Crippen LogP contribution is -2.37. The Morgan fingerprint density at radius 3 is 2.61 bits per heavy atom. The molecule has 1 amide bonds. The molecule has 1 atom stereocenters. The normalized spacial score (nSPS) is 16.5. The summed E-state index contributed by atoms with van der Waals surface area (Å²) < 4.78 is 20.8. The van der Waals surface area contributed by atoms with Crippen LogP contribution in [0.5, 0.6) is 5.75 Å². The second-order valence-corrected chi connectivity index (χ2v) is 8.73. The van der Waals surface area contributed by atoms with Crippen LogP contribution in [0.25, 0.3) is 5.69 Å². The van der Waals surface area contributed by atoms with Gasteiger partial charge in [-0.05, 0) is 75.5 Å². The summed E-state index contributed by atoms with van der Waals surface area (Å²) in [7, 11) is 1.68. The third-order valence-corrected chi connectivity index (χ3v) is 6.75. The van der Waals surface area contributed by atoms with Crippen molar-refractivity contribution in [2.75, 3.05) is 26.7 Å². The minimum Gasteiger partial charge on any atom is -0.496 e. The molecule has 2 heterocycles. The van der Waals surface area contributed by atoms with Crippen molar-refractivity contribution >= 4 is 5.91 Å². The van der Waals surface area contributed by atoms with Crippen molar-refractivity contribution in [3.05, 3.63) is 76.9 Å². The van der Waals surface area contributed by atoms with E-state index in [0.717, 1.165) is 73.5 Å². The van der Waals surface area contributed by atoms with Crippen LogP contribution in [0.4, 0.5) is 4.39 Å². The van der Waals surface area contributed by atoms with Gasteiger partial charge in [-0.2, -0.15) is 5.10 Å². The molecule has 172 valence electrons. The highest BCUT2D eigenvalue weighted by Gasteiger charge is 2.30. The van der Waals surface area contributed by atoms with Crippen LogP contribution < -0.4 is 10.1 Å². The van der Waals surface area contributed by atoms with Gasteiger partial charge >= 0.3 is 0 Å². The maximum atomic E-state index is 13.4. The number of aromatic nitrogens is 2. The summed E-state index contributed by atoms with van der Waals surface area (Å²) in [5, 5.41) is 7.81. The van der Waals surface area contributed by atoms with Gasteiger partial charge in [0.05, 0.1) is 18.8 Å². The third kappa shape index (κ3) is 4.25. The van der Waals surface area contributed by atoms with Gasteiger partial charge < -0.3 is 10.1 Å². The number of likely N-dealkylation sites (tertiary alicyclic amines) is 1. The van der Waals surface area contributed by atoms with Gasteiger partial charge in [-0.1, -0.05) is 18.2 Å². The maximum absolute atomic E-state index is 13.4. The fraction of sp³-hybridized carbons (Fsp3) is 0.385. The van der Waals surface area contributed by atoms with E-state index in [-0.39, 0.29) is 17.8 Å². The Morgan fingerprint density at radius 1 is 1.09 bits per heavy atom. The molecule has 1 aliphatic heterocycles. The first-order valence-electron chi connectivity index (χ1n) is 11.7. The first kappa shape index (κ1) is 21.6. The van der Waals surface area contributed by atoms with Crippen LogP contribution in [0, 0.1) is 5.82 Å². The van der Waals surface area contributed by atoms with Crippen LogP contribution in [0.15, 0.2) is 48.5 Å². The van der Waals surface area contributed by atoms with E-state index in [4.69, 9.17) is 4.74 Å². The smallest absolute Gasteiger partial charge is 0.272 e. The van der Waals surface area contributed by atoms with E-state index in [1.54, 1.807) is 23.9 Å². The standard InChI is InChI=1S/C26H29FN4O2/c1-33-24-10-3-2-7-20(24)23(30-15-4-5-16-30)17-28-26(32)25-21-8-6-9-22(21)31(29-25)19-13-11-18(27)12-14-19/h2-3,7,10-14,23H,4-6,8-9,15-17H2,1H3,(H,28,32)/t23-/m1/s1. The van der Waals surface area contributed by atoms with E-state index in [0.29, 0.717) is 12.2 Å². The van der Waals surface area contributed by atoms with E-state index >= 15 is 0 Å². The number of hydrogen-bond donors (Lipinski definition) is 1. The molecule has 1 fully saturated rings. The molecular weight excluding hydrogens is 419 g/mol. The second-order valence-electron chi connectivity index (χ2n) is 8.73. The third-order valence-electron chi connectivity index (χ3n) is 6.75. The molecule has 0 radical (unpaired) electrons. The van der Waals surface area contributed by atoms with Crippen LogP contribution in [0.1, 0.15) is 52.6 Å². The molecule has 1 aromatic heterocycles. The topological polar surface area (TPSA) is 59.4 Å². The van der Waals surface area contributed by atoms with Gasteiger partial charge in [0, 0.05) is 23.4 Å². The van der Waals surface area contributed by atoms with E-state index in [2.05, 4.69) is 21.4 Å². The van der Waals surface area contributed by atoms with Crippen molar-refractivity contribution in [1.29, 1.82) is 0 Å². The molecule has 5 rings (SSSR count). The van der Waals surface area contributed by atoms with Crippen molar-refractivity contribution in [3.63, 3.8) is 0 Å². The number of nitrogens with one attached hydrogen (secondary N) is 1. The van der Waals surface area contributed by atoms with E-state index < -0.39 is 0 Å². The second kappa shape index (κ2) is 9.35. The number of methoxy groups -OCH3 is 1. The highest BCUT2D eigenvalue weighted by atomic mass is 19.1. The van der Waals surface area contributed by atoms with Gasteiger partial charge in [-0.3, -0.25) is 9.69 Å². The van der Waals surface area contributed by atoms with E-state index in [1.807, 2.05) is 18.2 Å². The molecule has 0 saturated carbocycles. The molecule has 3 aromatic rings. The maximum Gasteiger partial charge on any atom is 0.272 e. The quantitative estimate of drug-likeness (QED) is 0.592. The number of carbonyl (C=O) groups is 1. The molecule has 0 unspecified atom stereocenters. The lowest BCUT2D eigenvalue weighted by Gasteiger charge is -2.29. The Bertz CT molecular complexity index is 1140. The van der Waals surface area contributed by atoms with Gasteiger partial charge in [0.1, 0.15) is 11.6 Å². The van der Waals surface area contributed by atoms with Crippen LogP contribution in [0.3, 0.4) is 0 Å². The molecule has 33 heavy (non-hydrogen) atoms. The number of carbonyl (C=O) groups excluding carboxylic acids is 1. The van der Waals surface area contributed by atoms with Crippen molar-refractivity contribution < 1.29 is 13.9 Å². The fourth-order valence-corrected chi connectivity index (χ4v) is 5.12. The molecule has 1 N–H and O–H groups in total. The number of para-hydroxylation sites is 1. The number of hydrogen-bond acceptors (Lipinski definition) is 4. The summed E-state index contributed by atoms with van der Waals surface area (Å²) in [5.74, 6) is 0.392. The Hall–Kier alpha value is -3.19. The zero-order chi connectivity index (χ0) is 22.8. The molecule has 2 aliphatic rings. The van der Waals surface area contributed by atoms with Gasteiger partial charge in [0.2, 0.25) is 0 Å². The SMILES string of the molecule is COc1ccccc1[C@@H](CNC(=O)c1nn(-c2ccc(F)cc2)c2c1CCC2)N1CCCC1. The molecular formula is C26H29FN4O2. The average Bonchev–Trinajstić information content (AvgIpc) is 3.59. The van der Waals surface area contributed by atoms with Crippen LogP contribution in [0.2, 0.25) is 0 Å². The number of fused-ring (bicyclic) bond motifs is 1. The monoisotopic (exact) mass is 448 g/mol. The summed E-state index contributed by atoms with van der Waals surface area (Å²) in [6.07, 6.45) is 5.02. The minimum absolute atomic E-state index is 0.0415. The lowest BCUT2D eigenvalue weighted by molar-refractivity contribution is 0.0931. The molecule has 1 aliphatic carbocycles. The molecule has 0 spiro atoms. The zero-order valence-corrected chi connectivity index (χ0v) is 18.9. The number of benzene rings is 2. The van der Waals surface area contributed by atoms with Gasteiger partial charge in [0.25, 0.3) is 5.91 Å². The number of rotatable bonds is 7. The number of halogens is 1. The van der Waals surface area contributed by atoms with Crippen molar-refractivity contribution in [2.45, 2.75) is 38.1 Å². The van der Waals surface area contributed by atoms with Gasteiger partial charge in [-0.15, -0.1) is 0 Å². The molecule has 0 bridgehead atoms. The summed E-state index contributed by atoms with van der Waals surface area (Å²) in [6, 6.07) is 14.3. The van der Waals surface area contributed by atoms with Crippen LogP contribution in [-0.2, 0) is 12.8 Å². The fourth-order valence-electron chi connectivity index (χ4n) is 5.12. The van der Waals surface area contributed by atoms with E-state index in [9.17, 15) is 9.18 Å². The summed E-state index contributed by atoms with van der Waals surface area (Å²) in [5.41, 5.74) is 4.40. The Morgan fingerprint density at radius 2 is 1.85 bits per heavy atom. The Balaban J connectivity index is 1.40. The first-order chi connectivity index (χ1) is 16.2. The average molecular weight is 449 g/mol. The summed E-state index contributed by atoms with van der Waals surface area (Å²) in [4.78, 5) is 15.7. The zero-order valence-electron chi connectivity index (χ0n) is 18.9. The predicted molar refractivity (Wildman–Crippen MR) is 124 cm³/mol. The highest BCUT2D eigenvalue weighted by molar-refractivity contribution is 5.94. The largest absolute Gasteiger partial charge is 0.496 e. The highest BCUT2D eigenvalue weighted by Crippen LogP contribution is 2.32. The van der Waals surface area contributed by atoms with Crippen molar-refractivity contribution in [1.82, 2.24) is 20.0 Å². The van der Waals surface area contributed by atoms with E-state index in [1.165, 1.54) is 12.1 Å². The minimum atomic E-state index is -0.287. The molecule has 7 heteroatoms.